The Hall–Kier alpha value is -1.02. The topological polar surface area (TPSA) is 65.8 Å². The minimum atomic E-state index is -0.409. The molecule has 2 fully saturated rings. The van der Waals surface area contributed by atoms with Gasteiger partial charge in [-0.05, 0) is 29.7 Å². The highest BCUT2D eigenvalue weighted by Crippen LogP contribution is 2.64. The summed E-state index contributed by atoms with van der Waals surface area (Å²) in [5.74, 6) is 0.396. The van der Waals surface area contributed by atoms with Gasteiger partial charge in [0.15, 0.2) is 0 Å². The molecule has 0 N–H and O–H groups in total. The Morgan fingerprint density at radius 3 is 2.57 bits per heavy atom. The fraction of sp³-hybridized carbons (Fsp3) is 0.900. The van der Waals surface area contributed by atoms with Crippen LogP contribution in [-0.2, 0) is 4.79 Å². The molecule has 2 bridgehead atoms. The molecule has 0 aromatic carbocycles. The fourth-order valence-corrected chi connectivity index (χ4v) is 3.23. The van der Waals surface area contributed by atoms with Gasteiger partial charge in [-0.25, -0.2) is 0 Å². The van der Waals surface area contributed by atoms with E-state index in [4.69, 9.17) is 5.53 Å². The third-order valence-corrected chi connectivity index (χ3v) is 4.67. The molecule has 2 saturated carbocycles. The van der Waals surface area contributed by atoms with Gasteiger partial charge >= 0.3 is 0 Å². The maximum Gasteiger partial charge on any atom is 0.148 e. The maximum atomic E-state index is 12.0. The molecular formula is C10H15N3O. The predicted octanol–water partition coefficient (Wildman–Crippen LogP) is 2.69. The lowest BCUT2D eigenvalue weighted by Gasteiger charge is -2.32. The summed E-state index contributed by atoms with van der Waals surface area (Å²) in [6.07, 6.45) is 1.96. The molecule has 0 heterocycles. The van der Waals surface area contributed by atoms with E-state index >= 15 is 0 Å². The van der Waals surface area contributed by atoms with E-state index in [0.29, 0.717) is 0 Å². The van der Waals surface area contributed by atoms with Crippen LogP contribution in [0.25, 0.3) is 10.4 Å². The van der Waals surface area contributed by atoms with Gasteiger partial charge in [0, 0.05) is 10.3 Å². The van der Waals surface area contributed by atoms with E-state index < -0.39 is 6.04 Å². The maximum absolute atomic E-state index is 12.0. The number of carbonyl (C=O) groups is 1. The second-order valence-electron chi connectivity index (χ2n) is 5.21. The molecule has 2 aliphatic carbocycles. The highest BCUT2D eigenvalue weighted by atomic mass is 16.1. The number of ketones is 1. The number of rotatable bonds is 1. The molecule has 0 aromatic rings. The summed E-state index contributed by atoms with van der Waals surface area (Å²) in [6, 6.07) is -0.409. The average Bonchev–Trinajstić information content (AvgIpc) is 2.41. The molecule has 4 heteroatoms. The summed E-state index contributed by atoms with van der Waals surface area (Å²) >= 11 is 0. The van der Waals surface area contributed by atoms with Gasteiger partial charge in [0.25, 0.3) is 0 Å². The van der Waals surface area contributed by atoms with E-state index in [1.807, 2.05) is 6.92 Å². The summed E-state index contributed by atoms with van der Waals surface area (Å²) in [5.41, 5.74) is 8.15. The van der Waals surface area contributed by atoms with Crippen LogP contribution in [0, 0.1) is 16.7 Å². The van der Waals surface area contributed by atoms with Crippen LogP contribution in [-0.4, -0.2) is 11.8 Å². The van der Waals surface area contributed by atoms with Gasteiger partial charge in [-0.2, -0.15) is 0 Å². The number of nitrogens with zero attached hydrogens (tertiary/aromatic N) is 3. The van der Waals surface area contributed by atoms with Crippen LogP contribution in [0.5, 0.6) is 0 Å². The molecule has 14 heavy (non-hydrogen) atoms. The lowest BCUT2D eigenvalue weighted by atomic mass is 9.70. The molecule has 3 atom stereocenters. The minimum Gasteiger partial charge on any atom is -0.299 e. The van der Waals surface area contributed by atoms with Gasteiger partial charge in [-0.3, -0.25) is 4.79 Å². The number of hydrogen-bond donors (Lipinski definition) is 0. The number of fused-ring (bicyclic) bond motifs is 2. The van der Waals surface area contributed by atoms with E-state index in [0.717, 1.165) is 12.8 Å². The molecule has 76 valence electrons. The van der Waals surface area contributed by atoms with E-state index in [1.54, 1.807) is 0 Å². The Bertz CT molecular complexity index is 343. The average molecular weight is 193 g/mol. The van der Waals surface area contributed by atoms with Crippen molar-refractivity contribution in [3.05, 3.63) is 10.4 Å². The molecule has 0 radical (unpaired) electrons. The molecule has 3 unspecified atom stereocenters. The Morgan fingerprint density at radius 1 is 1.50 bits per heavy atom. The number of hydrogen-bond acceptors (Lipinski definition) is 2. The Morgan fingerprint density at radius 2 is 2.14 bits per heavy atom. The molecule has 2 rings (SSSR count). The zero-order valence-electron chi connectivity index (χ0n) is 8.82. The van der Waals surface area contributed by atoms with Crippen LogP contribution < -0.4 is 0 Å². The third-order valence-electron chi connectivity index (χ3n) is 4.67. The molecule has 0 aromatic heterocycles. The molecule has 4 nitrogen and oxygen atoms in total. The fourth-order valence-electron chi connectivity index (χ4n) is 3.23. The van der Waals surface area contributed by atoms with Gasteiger partial charge in [0.2, 0.25) is 0 Å². The van der Waals surface area contributed by atoms with E-state index in [1.165, 1.54) is 0 Å². The Balaban J connectivity index is 2.49. The van der Waals surface area contributed by atoms with Crippen LogP contribution in [0.4, 0.5) is 0 Å². The predicted molar refractivity (Wildman–Crippen MR) is 52.6 cm³/mol. The van der Waals surface area contributed by atoms with Gasteiger partial charge in [-0.1, -0.05) is 25.9 Å². The molecule has 2 aliphatic rings. The first kappa shape index (κ1) is 9.53. The lowest BCUT2D eigenvalue weighted by molar-refractivity contribution is -0.129. The van der Waals surface area contributed by atoms with E-state index in [2.05, 4.69) is 23.9 Å². The van der Waals surface area contributed by atoms with Crippen molar-refractivity contribution >= 4 is 5.78 Å². The van der Waals surface area contributed by atoms with Crippen molar-refractivity contribution in [2.24, 2.45) is 21.9 Å². The highest BCUT2D eigenvalue weighted by molar-refractivity contribution is 5.94. The SMILES string of the molecule is CC12CCC(C(N=[N+]=[N-])C1=O)C2(C)C. The van der Waals surface area contributed by atoms with Gasteiger partial charge in [0.05, 0.1) is 6.04 Å². The monoisotopic (exact) mass is 193 g/mol. The first-order valence-electron chi connectivity index (χ1n) is 5.03. The van der Waals surface area contributed by atoms with Gasteiger partial charge in [0.1, 0.15) is 5.78 Å². The Labute approximate surface area is 83.3 Å². The number of carbonyl (C=O) groups excluding carboxylic acids is 1. The van der Waals surface area contributed by atoms with Gasteiger partial charge in [-0.15, -0.1) is 0 Å². The molecular weight excluding hydrogens is 178 g/mol. The zero-order valence-corrected chi connectivity index (χ0v) is 8.82. The van der Waals surface area contributed by atoms with Crippen LogP contribution in [0.15, 0.2) is 5.11 Å². The molecule has 0 aliphatic heterocycles. The summed E-state index contributed by atoms with van der Waals surface area (Å²) < 4.78 is 0. The standard InChI is InChI=1S/C10H15N3O/c1-9(2)6-4-5-10(9,3)8(14)7(6)12-13-11/h6-7H,4-5H2,1-3H3. The van der Waals surface area contributed by atoms with Crippen molar-refractivity contribution < 1.29 is 4.79 Å². The lowest BCUT2D eigenvalue weighted by Crippen LogP contribution is -2.34. The van der Waals surface area contributed by atoms with Gasteiger partial charge < -0.3 is 0 Å². The van der Waals surface area contributed by atoms with Crippen molar-refractivity contribution in [2.75, 3.05) is 0 Å². The quantitative estimate of drug-likeness (QED) is 0.358. The smallest absolute Gasteiger partial charge is 0.148 e. The van der Waals surface area contributed by atoms with E-state index in [9.17, 15) is 4.79 Å². The van der Waals surface area contributed by atoms with Crippen molar-refractivity contribution in [3.63, 3.8) is 0 Å². The third kappa shape index (κ3) is 0.800. The number of Topliss-reactive ketones (excluding diaryl/α,β-unsaturated/α-hetero) is 1. The van der Waals surface area contributed by atoms with Crippen LogP contribution in [0.1, 0.15) is 33.6 Å². The summed E-state index contributed by atoms with van der Waals surface area (Å²) in [7, 11) is 0. The molecule has 0 amide bonds. The molecule has 0 spiro atoms. The Kier molecular flexibility index (Phi) is 1.71. The summed E-state index contributed by atoms with van der Waals surface area (Å²) in [5, 5.41) is 3.66. The molecule has 0 saturated heterocycles. The summed E-state index contributed by atoms with van der Waals surface area (Å²) in [4.78, 5) is 14.8. The second kappa shape index (κ2) is 2.51. The van der Waals surface area contributed by atoms with E-state index in [-0.39, 0.29) is 22.5 Å². The van der Waals surface area contributed by atoms with Crippen molar-refractivity contribution in [1.29, 1.82) is 0 Å². The van der Waals surface area contributed by atoms with Crippen molar-refractivity contribution in [1.82, 2.24) is 0 Å². The largest absolute Gasteiger partial charge is 0.299 e. The normalized spacial score (nSPS) is 43.8. The van der Waals surface area contributed by atoms with Crippen LogP contribution in [0.3, 0.4) is 0 Å². The zero-order chi connectivity index (χ0) is 10.6. The van der Waals surface area contributed by atoms with Crippen LogP contribution >= 0.6 is 0 Å². The van der Waals surface area contributed by atoms with Crippen molar-refractivity contribution in [3.8, 4) is 0 Å². The first-order valence-corrected chi connectivity index (χ1v) is 5.03. The minimum absolute atomic E-state index is 0.0110. The second-order valence-corrected chi connectivity index (χ2v) is 5.21. The number of azide groups is 1. The summed E-state index contributed by atoms with van der Waals surface area (Å²) in [6.45, 7) is 6.26. The highest BCUT2D eigenvalue weighted by Gasteiger charge is 2.65. The first-order chi connectivity index (χ1) is 6.45. The van der Waals surface area contributed by atoms with Crippen LogP contribution in [0.2, 0.25) is 0 Å². The van der Waals surface area contributed by atoms with Crippen molar-refractivity contribution in [2.45, 2.75) is 39.7 Å².